The first-order valence-corrected chi connectivity index (χ1v) is 7.85. The van der Waals surface area contributed by atoms with Crippen molar-refractivity contribution in [2.75, 3.05) is 18.5 Å². The topological polar surface area (TPSA) is 45.1 Å². The molecular formula is C18H26N2O. The second kappa shape index (κ2) is 6.90. The number of nitrogens with zero attached hydrogens (tertiary/aromatic N) is 1. The van der Waals surface area contributed by atoms with Crippen molar-refractivity contribution in [3.8, 4) is 0 Å². The van der Waals surface area contributed by atoms with Gasteiger partial charge in [0.1, 0.15) is 0 Å². The van der Waals surface area contributed by atoms with E-state index in [1.807, 2.05) is 12.3 Å². The molecule has 1 heterocycles. The van der Waals surface area contributed by atoms with Gasteiger partial charge in [-0.25, -0.2) is 0 Å². The highest BCUT2D eigenvalue weighted by Crippen LogP contribution is 2.32. The third kappa shape index (κ3) is 3.35. The van der Waals surface area contributed by atoms with Crippen LogP contribution in [0.1, 0.15) is 38.7 Å². The highest BCUT2D eigenvalue weighted by Gasteiger charge is 2.25. The van der Waals surface area contributed by atoms with Gasteiger partial charge in [0.05, 0.1) is 5.52 Å². The SMILES string of the molecule is CCC(CC)(CCO)CNc1ccnc2c(C)cccc12. The second-order valence-electron chi connectivity index (χ2n) is 5.86. The monoisotopic (exact) mass is 286 g/mol. The second-order valence-corrected chi connectivity index (χ2v) is 5.86. The lowest BCUT2D eigenvalue weighted by Gasteiger charge is -2.32. The van der Waals surface area contributed by atoms with Crippen LogP contribution in [0.3, 0.4) is 0 Å². The number of aromatic nitrogens is 1. The normalized spacial score (nSPS) is 11.8. The molecule has 0 aliphatic heterocycles. The summed E-state index contributed by atoms with van der Waals surface area (Å²) in [6.07, 6.45) is 4.84. The molecule has 2 aromatic rings. The van der Waals surface area contributed by atoms with Gasteiger partial charge in [-0.15, -0.1) is 0 Å². The van der Waals surface area contributed by atoms with E-state index in [0.29, 0.717) is 0 Å². The van der Waals surface area contributed by atoms with Crippen LogP contribution < -0.4 is 5.32 Å². The van der Waals surface area contributed by atoms with Gasteiger partial charge in [0.25, 0.3) is 0 Å². The first-order valence-electron chi connectivity index (χ1n) is 7.85. The Morgan fingerprint density at radius 2 is 1.95 bits per heavy atom. The van der Waals surface area contributed by atoms with E-state index in [9.17, 15) is 5.11 Å². The number of hydrogen-bond donors (Lipinski definition) is 2. The molecule has 2 rings (SSSR count). The highest BCUT2D eigenvalue weighted by atomic mass is 16.3. The lowest BCUT2D eigenvalue weighted by atomic mass is 9.79. The van der Waals surface area contributed by atoms with Crippen LogP contribution in [0.2, 0.25) is 0 Å². The molecule has 0 saturated carbocycles. The minimum absolute atomic E-state index is 0.161. The molecule has 0 aliphatic rings. The van der Waals surface area contributed by atoms with Gasteiger partial charge >= 0.3 is 0 Å². The van der Waals surface area contributed by atoms with E-state index in [0.717, 1.165) is 37.0 Å². The Morgan fingerprint density at radius 3 is 2.62 bits per heavy atom. The third-order valence-electron chi connectivity index (χ3n) is 4.77. The van der Waals surface area contributed by atoms with Gasteiger partial charge in [0.2, 0.25) is 0 Å². The van der Waals surface area contributed by atoms with Gasteiger partial charge in [0.15, 0.2) is 0 Å². The van der Waals surface area contributed by atoms with Crippen molar-refractivity contribution in [1.82, 2.24) is 4.98 Å². The average molecular weight is 286 g/mol. The summed E-state index contributed by atoms with van der Waals surface area (Å²) in [5.74, 6) is 0. The zero-order valence-electron chi connectivity index (χ0n) is 13.3. The Bertz CT molecular complexity index is 591. The van der Waals surface area contributed by atoms with Crippen molar-refractivity contribution in [1.29, 1.82) is 0 Å². The van der Waals surface area contributed by atoms with Gasteiger partial charge in [-0.3, -0.25) is 4.98 Å². The molecule has 0 saturated heterocycles. The molecule has 0 spiro atoms. The number of aliphatic hydroxyl groups excluding tert-OH is 1. The fraction of sp³-hybridized carbons (Fsp3) is 0.500. The third-order valence-corrected chi connectivity index (χ3v) is 4.77. The lowest BCUT2D eigenvalue weighted by molar-refractivity contribution is 0.179. The Balaban J connectivity index is 2.26. The van der Waals surface area contributed by atoms with Crippen molar-refractivity contribution >= 4 is 16.6 Å². The van der Waals surface area contributed by atoms with Crippen LogP contribution in [0.4, 0.5) is 5.69 Å². The maximum atomic E-state index is 9.33. The Labute approximate surface area is 127 Å². The Morgan fingerprint density at radius 1 is 1.19 bits per heavy atom. The van der Waals surface area contributed by atoms with E-state index in [-0.39, 0.29) is 12.0 Å². The van der Waals surface area contributed by atoms with Gasteiger partial charge in [-0.05, 0) is 43.2 Å². The average Bonchev–Trinajstić information content (AvgIpc) is 2.52. The molecular weight excluding hydrogens is 260 g/mol. The van der Waals surface area contributed by atoms with Gasteiger partial charge in [-0.2, -0.15) is 0 Å². The zero-order valence-corrected chi connectivity index (χ0v) is 13.3. The van der Waals surface area contributed by atoms with Crippen LogP contribution in [-0.4, -0.2) is 23.2 Å². The molecule has 114 valence electrons. The summed E-state index contributed by atoms with van der Waals surface area (Å²) < 4.78 is 0. The summed E-state index contributed by atoms with van der Waals surface area (Å²) in [4.78, 5) is 4.48. The lowest BCUT2D eigenvalue weighted by Crippen LogP contribution is -2.29. The summed E-state index contributed by atoms with van der Waals surface area (Å²) in [6, 6.07) is 8.32. The van der Waals surface area contributed by atoms with E-state index in [4.69, 9.17) is 0 Å². The standard InChI is InChI=1S/C18H26N2O/c1-4-18(5-2,10-12-21)13-20-16-9-11-19-17-14(3)7-6-8-15(16)17/h6-9,11,21H,4-5,10,12-13H2,1-3H3,(H,19,20). The van der Waals surface area contributed by atoms with E-state index in [2.05, 4.69) is 49.3 Å². The first kappa shape index (κ1) is 15.8. The van der Waals surface area contributed by atoms with Crippen molar-refractivity contribution in [2.24, 2.45) is 5.41 Å². The van der Waals surface area contributed by atoms with E-state index in [1.54, 1.807) is 0 Å². The van der Waals surface area contributed by atoms with Gasteiger partial charge < -0.3 is 10.4 Å². The fourth-order valence-corrected chi connectivity index (χ4v) is 2.94. The van der Waals surface area contributed by atoms with Crippen LogP contribution >= 0.6 is 0 Å². The van der Waals surface area contributed by atoms with Crippen LogP contribution in [0.5, 0.6) is 0 Å². The molecule has 0 atom stereocenters. The summed E-state index contributed by atoms with van der Waals surface area (Å²) in [5.41, 5.74) is 3.55. The summed E-state index contributed by atoms with van der Waals surface area (Å²) in [5, 5.41) is 14.1. The summed E-state index contributed by atoms with van der Waals surface area (Å²) >= 11 is 0. The van der Waals surface area contributed by atoms with Crippen molar-refractivity contribution in [3.05, 3.63) is 36.0 Å². The molecule has 0 bridgehead atoms. The van der Waals surface area contributed by atoms with Crippen molar-refractivity contribution < 1.29 is 5.11 Å². The van der Waals surface area contributed by atoms with Gasteiger partial charge in [0, 0.05) is 30.4 Å². The molecule has 1 aromatic heterocycles. The summed E-state index contributed by atoms with van der Waals surface area (Å²) in [6.45, 7) is 7.63. The molecule has 0 unspecified atom stereocenters. The smallest absolute Gasteiger partial charge is 0.0751 e. The van der Waals surface area contributed by atoms with E-state index < -0.39 is 0 Å². The summed E-state index contributed by atoms with van der Waals surface area (Å²) in [7, 11) is 0. The minimum Gasteiger partial charge on any atom is -0.396 e. The first-order chi connectivity index (χ1) is 10.2. The quantitative estimate of drug-likeness (QED) is 0.804. The molecule has 1 aromatic carbocycles. The van der Waals surface area contributed by atoms with Crippen molar-refractivity contribution in [3.63, 3.8) is 0 Å². The maximum Gasteiger partial charge on any atom is 0.0751 e. The van der Waals surface area contributed by atoms with Crippen LogP contribution in [-0.2, 0) is 0 Å². The number of anilines is 1. The number of para-hydroxylation sites is 1. The molecule has 0 radical (unpaired) electrons. The number of hydrogen-bond acceptors (Lipinski definition) is 3. The van der Waals surface area contributed by atoms with E-state index >= 15 is 0 Å². The van der Waals surface area contributed by atoms with Gasteiger partial charge in [-0.1, -0.05) is 32.0 Å². The van der Waals surface area contributed by atoms with Crippen LogP contribution in [0.25, 0.3) is 10.9 Å². The molecule has 0 fully saturated rings. The number of fused-ring (bicyclic) bond motifs is 1. The van der Waals surface area contributed by atoms with Crippen LogP contribution in [0.15, 0.2) is 30.5 Å². The molecule has 3 nitrogen and oxygen atoms in total. The number of aryl methyl sites for hydroxylation is 1. The molecule has 3 heteroatoms. The minimum atomic E-state index is 0.161. The molecule has 2 N–H and O–H groups in total. The number of rotatable bonds is 7. The predicted molar refractivity (Wildman–Crippen MR) is 89.7 cm³/mol. The largest absolute Gasteiger partial charge is 0.396 e. The highest BCUT2D eigenvalue weighted by molar-refractivity contribution is 5.92. The van der Waals surface area contributed by atoms with Crippen molar-refractivity contribution in [2.45, 2.75) is 40.0 Å². The number of aliphatic hydroxyl groups is 1. The molecule has 21 heavy (non-hydrogen) atoms. The predicted octanol–water partition coefficient (Wildman–Crippen LogP) is 4.14. The van der Waals surface area contributed by atoms with Crippen LogP contribution in [0, 0.1) is 12.3 Å². The van der Waals surface area contributed by atoms with E-state index in [1.165, 1.54) is 10.9 Å². The zero-order chi connectivity index (χ0) is 15.3. The maximum absolute atomic E-state index is 9.33. The fourth-order valence-electron chi connectivity index (χ4n) is 2.94. The number of pyridine rings is 1. The Kier molecular flexibility index (Phi) is 5.18. The Hall–Kier alpha value is -1.61. The molecule has 0 amide bonds. The number of nitrogens with one attached hydrogen (secondary N) is 1. The molecule has 0 aliphatic carbocycles. The number of benzene rings is 1.